The maximum absolute atomic E-state index is 10.9. The molecule has 5 nitrogen and oxygen atoms in total. The predicted octanol–water partition coefficient (Wildman–Crippen LogP) is -0.831. The summed E-state index contributed by atoms with van der Waals surface area (Å²) in [6, 6.07) is 6.47. The average Bonchev–Trinajstić information content (AvgIpc) is 2.15. The maximum Gasteiger partial charge on any atom is 0.0936 e. The van der Waals surface area contributed by atoms with Crippen LogP contribution in [0.4, 0.5) is 0 Å². The molecule has 0 bridgehead atoms. The van der Waals surface area contributed by atoms with Gasteiger partial charge < -0.3 is 14.4 Å². The minimum atomic E-state index is -4.77. The minimum Gasteiger partial charge on any atom is -0.807 e. The Morgan fingerprint density at radius 3 is 2.64 bits per heavy atom. The van der Waals surface area contributed by atoms with Gasteiger partial charge in [-0.2, -0.15) is 10.2 Å². The van der Waals surface area contributed by atoms with Crippen molar-refractivity contribution in [2.45, 2.75) is 0 Å². The zero-order valence-electron chi connectivity index (χ0n) is 6.95. The number of hydrogen-bond acceptors (Lipinski definition) is 5. The summed E-state index contributed by atoms with van der Waals surface area (Å²) in [6.07, 6.45) is 0.975. The predicted molar refractivity (Wildman–Crippen MR) is 46.8 cm³/mol. The van der Waals surface area contributed by atoms with Crippen LogP contribution in [-0.4, -0.2) is 10.2 Å². The molecule has 0 fully saturated rings. The first kappa shape index (κ1) is 9.27. The van der Waals surface area contributed by atoms with Crippen LogP contribution in [0, 0.1) is 0 Å². The van der Waals surface area contributed by atoms with E-state index in [-0.39, 0.29) is 5.30 Å². The van der Waals surface area contributed by atoms with Gasteiger partial charge in [-0.15, -0.1) is 0 Å². The molecule has 0 unspecified atom stereocenters. The van der Waals surface area contributed by atoms with E-state index < -0.39 is 7.60 Å². The molecule has 0 radical (unpaired) electrons. The van der Waals surface area contributed by atoms with Gasteiger partial charge >= 0.3 is 0 Å². The summed E-state index contributed by atoms with van der Waals surface area (Å²) in [6.45, 7) is 0. The molecular weight excluding hydrogens is 203 g/mol. The Hall–Kier alpha value is -1.29. The summed E-state index contributed by atoms with van der Waals surface area (Å²) in [4.78, 5) is 21.7. The van der Waals surface area contributed by atoms with Gasteiger partial charge in [0.2, 0.25) is 0 Å². The Bertz CT molecular complexity index is 517. The van der Waals surface area contributed by atoms with Crippen LogP contribution in [0.1, 0.15) is 0 Å². The van der Waals surface area contributed by atoms with Crippen LogP contribution in [0.5, 0.6) is 0 Å². The SMILES string of the molecule is O=P([O-])([O-])c1cnnc2ccccc12. The Balaban J connectivity index is 2.85. The number of aromatic nitrogens is 2. The fourth-order valence-electron chi connectivity index (χ4n) is 1.21. The lowest BCUT2D eigenvalue weighted by Gasteiger charge is -2.30. The minimum absolute atomic E-state index is 0.303. The summed E-state index contributed by atoms with van der Waals surface area (Å²) >= 11 is 0. The summed E-state index contributed by atoms with van der Waals surface area (Å²) in [5.41, 5.74) is 0.400. The molecule has 0 N–H and O–H groups in total. The van der Waals surface area contributed by atoms with Crippen LogP contribution in [0.2, 0.25) is 0 Å². The standard InChI is InChI=1S/C8H7N2O3P/c11-14(12,13)8-5-9-10-7-4-2-1-3-6(7)8/h1-5H,(H2,11,12,13)/p-2. The van der Waals surface area contributed by atoms with Crippen LogP contribution < -0.4 is 15.1 Å². The molecule has 0 aliphatic carbocycles. The van der Waals surface area contributed by atoms with Crippen LogP contribution in [-0.2, 0) is 4.57 Å². The lowest BCUT2D eigenvalue weighted by Crippen LogP contribution is -2.26. The first-order valence-corrected chi connectivity index (χ1v) is 5.36. The Labute approximate surface area is 79.6 Å². The second-order valence-corrected chi connectivity index (χ2v) is 4.22. The molecular formula is C8H5N2O3P-2. The van der Waals surface area contributed by atoms with Crippen molar-refractivity contribution in [1.82, 2.24) is 10.2 Å². The summed E-state index contributed by atoms with van der Waals surface area (Å²) < 4.78 is 10.9. The molecule has 0 amide bonds. The molecule has 14 heavy (non-hydrogen) atoms. The molecule has 2 aromatic rings. The number of nitrogens with zero attached hydrogens (tertiary/aromatic N) is 2. The van der Waals surface area contributed by atoms with Crippen molar-refractivity contribution < 1.29 is 14.4 Å². The molecule has 1 aromatic carbocycles. The zero-order chi connectivity index (χ0) is 10.2. The maximum atomic E-state index is 10.9. The van der Waals surface area contributed by atoms with Gasteiger partial charge in [0.15, 0.2) is 0 Å². The number of rotatable bonds is 1. The molecule has 1 heterocycles. The Morgan fingerprint density at radius 1 is 1.21 bits per heavy atom. The van der Waals surface area contributed by atoms with Crippen LogP contribution in [0.25, 0.3) is 10.9 Å². The average molecular weight is 208 g/mol. The molecule has 0 atom stereocenters. The van der Waals surface area contributed by atoms with Gasteiger partial charge in [0, 0.05) is 10.7 Å². The molecule has 2 rings (SSSR count). The van der Waals surface area contributed by atoms with E-state index in [1.54, 1.807) is 18.2 Å². The van der Waals surface area contributed by atoms with Crippen molar-refractivity contribution in [3.05, 3.63) is 30.5 Å². The van der Waals surface area contributed by atoms with E-state index in [9.17, 15) is 14.4 Å². The van der Waals surface area contributed by atoms with Gasteiger partial charge in [-0.05, 0) is 13.7 Å². The molecule has 72 valence electrons. The molecule has 0 saturated carbocycles. The zero-order valence-corrected chi connectivity index (χ0v) is 7.85. The molecule has 0 aliphatic rings. The van der Waals surface area contributed by atoms with Gasteiger partial charge in [0.1, 0.15) is 0 Å². The van der Waals surface area contributed by atoms with Gasteiger partial charge in [0.05, 0.1) is 11.7 Å². The third-order valence-electron chi connectivity index (χ3n) is 1.82. The topological polar surface area (TPSA) is 89.0 Å². The quantitative estimate of drug-likeness (QED) is 0.570. The number of benzene rings is 1. The fourth-order valence-corrected chi connectivity index (χ4v) is 1.89. The van der Waals surface area contributed by atoms with E-state index in [4.69, 9.17) is 0 Å². The van der Waals surface area contributed by atoms with Crippen molar-refractivity contribution in [3.8, 4) is 0 Å². The monoisotopic (exact) mass is 208 g/mol. The fraction of sp³-hybridized carbons (Fsp3) is 0. The third-order valence-corrected chi connectivity index (χ3v) is 2.77. The van der Waals surface area contributed by atoms with Crippen molar-refractivity contribution in [3.63, 3.8) is 0 Å². The first-order valence-electron chi connectivity index (χ1n) is 3.82. The number of hydrogen-bond donors (Lipinski definition) is 0. The van der Waals surface area contributed by atoms with Crippen molar-refractivity contribution in [2.24, 2.45) is 0 Å². The van der Waals surface area contributed by atoms with Crippen molar-refractivity contribution in [1.29, 1.82) is 0 Å². The number of fused-ring (bicyclic) bond motifs is 1. The molecule has 0 spiro atoms. The van der Waals surface area contributed by atoms with Crippen molar-refractivity contribution in [2.75, 3.05) is 0 Å². The lowest BCUT2D eigenvalue weighted by molar-refractivity contribution is -0.307. The third kappa shape index (κ3) is 1.53. The Morgan fingerprint density at radius 2 is 1.93 bits per heavy atom. The largest absolute Gasteiger partial charge is 0.807 e. The van der Waals surface area contributed by atoms with E-state index in [2.05, 4.69) is 10.2 Å². The highest BCUT2D eigenvalue weighted by atomic mass is 31.2. The second-order valence-electron chi connectivity index (χ2n) is 2.74. The summed E-state index contributed by atoms with van der Waals surface area (Å²) in [5, 5.41) is 7.18. The van der Waals surface area contributed by atoms with Crippen molar-refractivity contribution >= 4 is 23.8 Å². The Kier molecular flexibility index (Phi) is 2.07. The van der Waals surface area contributed by atoms with Crippen LogP contribution >= 0.6 is 7.60 Å². The van der Waals surface area contributed by atoms with Gasteiger partial charge in [0.25, 0.3) is 0 Å². The lowest BCUT2D eigenvalue weighted by atomic mass is 10.2. The summed E-state index contributed by atoms with van der Waals surface area (Å²) in [5.74, 6) is 0. The van der Waals surface area contributed by atoms with Crippen LogP contribution in [0.15, 0.2) is 30.5 Å². The summed E-state index contributed by atoms with van der Waals surface area (Å²) in [7, 11) is -4.77. The van der Waals surface area contributed by atoms with Gasteiger partial charge in [-0.3, -0.25) is 0 Å². The highest BCUT2D eigenvalue weighted by Crippen LogP contribution is 2.25. The first-order chi connectivity index (χ1) is 6.59. The van der Waals surface area contributed by atoms with E-state index >= 15 is 0 Å². The smallest absolute Gasteiger partial charge is 0.0936 e. The molecule has 6 heteroatoms. The molecule has 1 aromatic heterocycles. The molecule has 0 saturated heterocycles. The molecule has 0 aliphatic heterocycles. The van der Waals surface area contributed by atoms with E-state index in [1.807, 2.05) is 0 Å². The van der Waals surface area contributed by atoms with Gasteiger partial charge in [-0.1, -0.05) is 18.2 Å². The van der Waals surface area contributed by atoms with E-state index in [0.29, 0.717) is 10.9 Å². The van der Waals surface area contributed by atoms with Gasteiger partial charge in [-0.25, -0.2) is 0 Å². The van der Waals surface area contributed by atoms with E-state index in [1.165, 1.54) is 6.07 Å². The normalized spacial score (nSPS) is 11.9. The highest BCUT2D eigenvalue weighted by Gasteiger charge is 2.04. The second kappa shape index (κ2) is 3.13. The van der Waals surface area contributed by atoms with Crippen LogP contribution in [0.3, 0.4) is 0 Å². The van der Waals surface area contributed by atoms with E-state index in [0.717, 1.165) is 6.20 Å². The highest BCUT2D eigenvalue weighted by molar-refractivity contribution is 7.58.